The quantitative estimate of drug-likeness (QED) is 0.315. The van der Waals surface area contributed by atoms with Crippen molar-refractivity contribution in [2.24, 2.45) is 0 Å². The molecule has 0 saturated carbocycles. The molecule has 1 aromatic heterocycles. The monoisotopic (exact) mass is 265 g/mol. The number of aromatic hydroxyl groups is 1. The van der Waals surface area contributed by atoms with Crippen LogP contribution in [0.15, 0.2) is 27.4 Å². The van der Waals surface area contributed by atoms with Crippen LogP contribution in [-0.4, -0.2) is 10.0 Å². The third-order valence-corrected chi connectivity index (χ3v) is 2.23. The first-order valence-electron chi connectivity index (χ1n) is 4.10. The molecule has 0 fully saturated rings. The Morgan fingerprint density at radius 2 is 2.12 bits per heavy atom. The number of fused-ring (bicyclic) bond motifs is 1. The van der Waals surface area contributed by atoms with E-state index < -0.39 is 22.0 Å². The maximum atomic E-state index is 11.2. The van der Waals surface area contributed by atoms with Gasteiger partial charge in [0.15, 0.2) is 0 Å². The molecule has 0 aliphatic rings. The molecule has 0 unspecified atom stereocenters. The van der Waals surface area contributed by atoms with E-state index in [2.05, 4.69) is 4.42 Å². The fourth-order valence-corrected chi connectivity index (χ4v) is 1.48. The van der Waals surface area contributed by atoms with Crippen LogP contribution in [0.4, 0.5) is 5.69 Å². The van der Waals surface area contributed by atoms with Gasteiger partial charge in [-0.25, -0.2) is 4.79 Å². The second-order valence-electron chi connectivity index (χ2n) is 2.98. The Kier molecular flexibility index (Phi) is 4.16. The second-order valence-corrected chi connectivity index (χ2v) is 3.42. The molecule has 2 aromatic rings. The van der Waals surface area contributed by atoms with Crippen molar-refractivity contribution in [3.63, 3.8) is 0 Å². The van der Waals surface area contributed by atoms with Crippen molar-refractivity contribution in [1.82, 2.24) is 0 Å². The van der Waals surface area contributed by atoms with E-state index in [9.17, 15) is 20.0 Å². The molecule has 1 aromatic carbocycles. The summed E-state index contributed by atoms with van der Waals surface area (Å²) in [5.74, 6) is -0.737. The predicted octanol–water partition coefficient (Wildman–Crippen LogP) is -0.823. The molecule has 17 heavy (non-hydrogen) atoms. The molecule has 84 valence electrons. The fraction of sp³-hybridized carbons (Fsp3) is 0. The zero-order chi connectivity index (χ0) is 11.9. The summed E-state index contributed by atoms with van der Waals surface area (Å²) in [5, 5.41) is 20.4. The molecule has 6 nitrogen and oxygen atoms in total. The van der Waals surface area contributed by atoms with Crippen molar-refractivity contribution in [3.8, 4) is 5.75 Å². The van der Waals surface area contributed by atoms with E-state index in [-0.39, 0.29) is 47.0 Å². The van der Waals surface area contributed by atoms with Crippen LogP contribution in [0.2, 0.25) is 5.02 Å². The third kappa shape index (κ3) is 2.44. The number of hydrogen-bond donors (Lipinski definition) is 1. The van der Waals surface area contributed by atoms with Gasteiger partial charge in [0.05, 0.1) is 10.3 Å². The molecule has 0 saturated heterocycles. The van der Waals surface area contributed by atoms with Gasteiger partial charge in [0.25, 0.3) is 0 Å². The summed E-state index contributed by atoms with van der Waals surface area (Å²) in [6.07, 6.45) is 0. The third-order valence-electron chi connectivity index (χ3n) is 2.00. The first kappa shape index (κ1) is 14.0. The molecule has 0 amide bonds. The van der Waals surface area contributed by atoms with Crippen molar-refractivity contribution in [2.75, 3.05) is 0 Å². The van der Waals surface area contributed by atoms with Gasteiger partial charge in [-0.3, -0.25) is 10.1 Å². The number of rotatable bonds is 1. The van der Waals surface area contributed by atoms with Crippen molar-refractivity contribution < 1.29 is 45.4 Å². The summed E-state index contributed by atoms with van der Waals surface area (Å²) in [4.78, 5) is 20.7. The van der Waals surface area contributed by atoms with Crippen molar-refractivity contribution in [3.05, 3.63) is 43.8 Å². The molecule has 8 heteroatoms. The van der Waals surface area contributed by atoms with Gasteiger partial charge >= 0.3 is 40.9 Å². The van der Waals surface area contributed by atoms with Gasteiger partial charge in [0.2, 0.25) is 5.75 Å². The molecule has 0 atom stereocenters. The van der Waals surface area contributed by atoms with Gasteiger partial charge in [0, 0.05) is 5.02 Å². The predicted molar refractivity (Wildman–Crippen MR) is 56.9 cm³/mol. The van der Waals surface area contributed by atoms with Crippen LogP contribution in [0.5, 0.6) is 5.75 Å². The number of benzene rings is 1. The van der Waals surface area contributed by atoms with Crippen LogP contribution in [0, 0.1) is 10.1 Å². The average Bonchev–Trinajstić information content (AvgIpc) is 2.19. The normalized spacial score (nSPS) is 9.94. The SMILES string of the molecule is O=c1oc2ccc(Cl)cc2c(O)c1[N+](=O)[O-].[H-].[Na+]. The second kappa shape index (κ2) is 5.05. The minimum Gasteiger partial charge on any atom is -1.00 e. The number of nitro groups is 1. The van der Waals surface area contributed by atoms with E-state index in [1.54, 1.807) is 0 Å². The largest absolute Gasteiger partial charge is 1.00 e. The summed E-state index contributed by atoms with van der Waals surface area (Å²) >= 11 is 5.66. The molecule has 2 rings (SSSR count). The Balaban J connectivity index is 0.00000144. The van der Waals surface area contributed by atoms with Gasteiger partial charge in [-0.2, -0.15) is 0 Å². The topological polar surface area (TPSA) is 93.6 Å². The Bertz CT molecular complexity index is 659. The van der Waals surface area contributed by atoms with Crippen molar-refractivity contribution in [1.29, 1.82) is 0 Å². The smallest absolute Gasteiger partial charge is 1.00 e. The summed E-state index contributed by atoms with van der Waals surface area (Å²) < 4.78 is 4.67. The van der Waals surface area contributed by atoms with Crippen LogP contribution in [-0.2, 0) is 0 Å². The Hall–Kier alpha value is -1.08. The maximum Gasteiger partial charge on any atom is 1.00 e. The first-order chi connectivity index (χ1) is 7.50. The summed E-state index contributed by atoms with van der Waals surface area (Å²) in [6.45, 7) is 0. The van der Waals surface area contributed by atoms with E-state index in [1.165, 1.54) is 18.2 Å². The first-order valence-corrected chi connectivity index (χ1v) is 4.48. The van der Waals surface area contributed by atoms with Crippen LogP contribution in [0.3, 0.4) is 0 Å². The van der Waals surface area contributed by atoms with Crippen LogP contribution in [0.25, 0.3) is 11.0 Å². The molecule has 0 spiro atoms. The standard InChI is InChI=1S/C9H4ClNO5.Na.H/c10-4-1-2-6-5(3-4)8(12)7(11(14)15)9(13)16-6;;/h1-3,12H;;/q;+1;-1. The van der Waals surface area contributed by atoms with E-state index in [0.29, 0.717) is 0 Å². The number of halogens is 1. The Morgan fingerprint density at radius 1 is 1.47 bits per heavy atom. The summed E-state index contributed by atoms with van der Waals surface area (Å²) in [5.41, 5.74) is -2.15. The molecule has 0 radical (unpaired) electrons. The molecule has 0 aliphatic carbocycles. The number of hydrogen-bond acceptors (Lipinski definition) is 5. The van der Waals surface area contributed by atoms with Crippen molar-refractivity contribution in [2.45, 2.75) is 0 Å². The molecule has 0 bridgehead atoms. The average molecular weight is 266 g/mol. The number of nitrogens with zero attached hydrogens (tertiary/aromatic N) is 1. The molecular weight excluding hydrogens is 261 g/mol. The molecule has 1 heterocycles. The van der Waals surface area contributed by atoms with Gasteiger partial charge in [-0.15, -0.1) is 0 Å². The van der Waals surface area contributed by atoms with E-state index in [4.69, 9.17) is 11.6 Å². The Labute approximate surface area is 123 Å². The molecule has 1 N–H and O–H groups in total. The van der Waals surface area contributed by atoms with Gasteiger partial charge in [-0.1, -0.05) is 11.6 Å². The minimum absolute atomic E-state index is 0. The minimum atomic E-state index is -1.20. The van der Waals surface area contributed by atoms with Crippen LogP contribution in [0.1, 0.15) is 1.43 Å². The Morgan fingerprint density at radius 3 is 2.71 bits per heavy atom. The van der Waals surface area contributed by atoms with E-state index >= 15 is 0 Å². The summed E-state index contributed by atoms with van der Waals surface area (Å²) in [7, 11) is 0. The maximum absolute atomic E-state index is 11.2. The van der Waals surface area contributed by atoms with Gasteiger partial charge < -0.3 is 11.0 Å². The summed E-state index contributed by atoms with van der Waals surface area (Å²) in [6, 6.07) is 4.07. The molecular formula is C9H5ClNNaO5. The van der Waals surface area contributed by atoms with E-state index in [1.807, 2.05) is 0 Å². The zero-order valence-corrected chi connectivity index (χ0v) is 11.4. The van der Waals surface area contributed by atoms with Gasteiger partial charge in [0.1, 0.15) is 5.58 Å². The van der Waals surface area contributed by atoms with Crippen LogP contribution >= 0.6 is 11.6 Å². The van der Waals surface area contributed by atoms with Crippen LogP contribution < -0.4 is 35.2 Å². The fourth-order valence-electron chi connectivity index (χ4n) is 1.31. The van der Waals surface area contributed by atoms with E-state index in [0.717, 1.165) is 0 Å². The molecule has 0 aliphatic heterocycles. The zero-order valence-electron chi connectivity index (χ0n) is 9.64. The van der Waals surface area contributed by atoms with Gasteiger partial charge in [-0.05, 0) is 18.2 Å². The van der Waals surface area contributed by atoms with Crippen molar-refractivity contribution >= 4 is 28.3 Å².